The van der Waals surface area contributed by atoms with E-state index in [1.54, 1.807) is 40.3 Å². The first-order chi connectivity index (χ1) is 18.7. The predicted octanol–water partition coefficient (Wildman–Crippen LogP) is 3.18. The Hall–Kier alpha value is -3.49. The third-order valence-corrected chi connectivity index (χ3v) is 8.43. The number of benzene rings is 1. The van der Waals surface area contributed by atoms with E-state index < -0.39 is 46.7 Å². The Balaban J connectivity index is 1.77. The molecule has 1 saturated heterocycles. The third-order valence-electron chi connectivity index (χ3n) is 7.46. The van der Waals surface area contributed by atoms with E-state index in [0.717, 1.165) is 21.7 Å². The highest BCUT2D eigenvalue weighted by molar-refractivity contribution is 7.13. The van der Waals surface area contributed by atoms with Crippen molar-refractivity contribution in [2.24, 2.45) is 10.8 Å². The van der Waals surface area contributed by atoms with Crippen LogP contribution in [0.2, 0.25) is 0 Å². The molecule has 1 fully saturated rings. The molecule has 11 heteroatoms. The molecule has 0 radical (unpaired) electrons. The molecule has 1 aliphatic heterocycles. The summed E-state index contributed by atoms with van der Waals surface area (Å²) in [5.74, 6) is -0.827. The molecule has 0 bridgehead atoms. The van der Waals surface area contributed by atoms with Gasteiger partial charge in [-0.2, -0.15) is 5.26 Å². The number of aliphatic hydroxyl groups is 1. The Morgan fingerprint density at radius 3 is 2.55 bits per heavy atom. The van der Waals surface area contributed by atoms with Gasteiger partial charge in [-0.15, -0.1) is 11.3 Å². The van der Waals surface area contributed by atoms with Gasteiger partial charge in [0.1, 0.15) is 23.2 Å². The number of amides is 3. The Morgan fingerprint density at radius 1 is 1.30 bits per heavy atom. The highest BCUT2D eigenvalue weighted by atomic mass is 32.1. The van der Waals surface area contributed by atoms with Gasteiger partial charge in [0.05, 0.1) is 35.4 Å². The topological polar surface area (TPSA) is 145 Å². The van der Waals surface area contributed by atoms with Gasteiger partial charge in [0, 0.05) is 25.1 Å². The summed E-state index contributed by atoms with van der Waals surface area (Å²) in [7, 11) is 1.56. The Bertz CT molecular complexity index is 1300. The van der Waals surface area contributed by atoms with Crippen molar-refractivity contribution in [2.75, 3.05) is 13.7 Å². The molecule has 10 nitrogen and oxygen atoms in total. The van der Waals surface area contributed by atoms with Gasteiger partial charge in [-0.05, 0) is 37.3 Å². The number of β-amino-alcohol motifs (C(OH)–C–C–N with tert-alkyl or cyclic N) is 1. The number of methoxy groups -OCH3 is 1. The molecule has 216 valence electrons. The minimum atomic E-state index is -1.29. The van der Waals surface area contributed by atoms with E-state index in [0.29, 0.717) is 5.75 Å². The van der Waals surface area contributed by atoms with E-state index in [1.807, 2.05) is 31.2 Å². The van der Waals surface area contributed by atoms with Crippen LogP contribution in [0.4, 0.5) is 0 Å². The van der Waals surface area contributed by atoms with E-state index in [2.05, 4.69) is 15.6 Å². The number of nitriles is 1. The number of carbonyl (C=O) groups is 3. The van der Waals surface area contributed by atoms with Crippen LogP contribution >= 0.6 is 11.3 Å². The van der Waals surface area contributed by atoms with E-state index >= 15 is 0 Å². The fourth-order valence-electron chi connectivity index (χ4n) is 4.61. The number of hydrogen-bond acceptors (Lipinski definition) is 8. The van der Waals surface area contributed by atoms with Gasteiger partial charge in [0.25, 0.3) is 0 Å². The first kappa shape index (κ1) is 31.0. The summed E-state index contributed by atoms with van der Waals surface area (Å²) in [5.41, 5.74) is 2.43. The Labute approximate surface area is 239 Å². The number of aromatic nitrogens is 1. The predicted molar refractivity (Wildman–Crippen MR) is 152 cm³/mol. The lowest BCUT2D eigenvalue weighted by Gasteiger charge is -2.36. The van der Waals surface area contributed by atoms with Crippen LogP contribution in [-0.4, -0.2) is 64.6 Å². The lowest BCUT2D eigenvalue weighted by molar-refractivity contribution is -0.145. The first-order valence-corrected chi connectivity index (χ1v) is 14.2. The summed E-state index contributed by atoms with van der Waals surface area (Å²) < 4.78 is 5.58. The zero-order valence-corrected chi connectivity index (χ0v) is 25.0. The van der Waals surface area contributed by atoms with E-state index in [1.165, 1.54) is 23.2 Å². The lowest BCUT2D eigenvalue weighted by Crippen LogP contribution is -2.59. The Kier molecular flexibility index (Phi) is 9.59. The van der Waals surface area contributed by atoms with E-state index in [9.17, 15) is 24.8 Å². The second-order valence-corrected chi connectivity index (χ2v) is 12.3. The number of hydrogen-bond donors (Lipinski definition) is 3. The minimum Gasteiger partial charge on any atom is -0.496 e. The standard InChI is InChI=1S/C29H39N5O5S/c1-8-29(6,15-30)27(38)33-24(28(3,4)5)26(37)34-14-20(35)12-21(34)25(36)31-13-19-10-9-18(11-22(19)39-7)23-17(2)32-16-40-23/h9-11,16,20-21,24,35H,8,12-14H2,1-7H3,(H,31,36)(H,33,38)/t20-,21+,24-,29?/m1/s1. The van der Waals surface area contributed by atoms with Gasteiger partial charge < -0.3 is 25.4 Å². The van der Waals surface area contributed by atoms with Crippen LogP contribution in [0, 0.1) is 29.1 Å². The van der Waals surface area contributed by atoms with Crippen LogP contribution in [0.1, 0.15) is 58.7 Å². The minimum absolute atomic E-state index is 0.0329. The smallest absolute Gasteiger partial charge is 0.246 e. The summed E-state index contributed by atoms with van der Waals surface area (Å²) in [6.45, 7) is 10.7. The summed E-state index contributed by atoms with van der Waals surface area (Å²) in [4.78, 5) is 46.7. The van der Waals surface area contributed by atoms with Crippen molar-refractivity contribution >= 4 is 29.1 Å². The number of aryl methyl sites for hydroxylation is 1. The SMILES string of the molecule is CCC(C)(C#N)C(=O)N[C@H](C(=O)N1C[C@H](O)C[C@H]1C(=O)NCc1ccc(-c2scnc2C)cc1OC)C(C)(C)C. The van der Waals surface area contributed by atoms with Crippen molar-refractivity contribution in [1.29, 1.82) is 5.26 Å². The van der Waals surface area contributed by atoms with Crippen molar-refractivity contribution in [2.45, 2.75) is 79.1 Å². The van der Waals surface area contributed by atoms with Gasteiger partial charge in [-0.25, -0.2) is 4.98 Å². The summed E-state index contributed by atoms with van der Waals surface area (Å²) in [6, 6.07) is 5.85. The largest absolute Gasteiger partial charge is 0.496 e. The monoisotopic (exact) mass is 569 g/mol. The Morgan fingerprint density at radius 2 is 2.00 bits per heavy atom. The van der Waals surface area contributed by atoms with E-state index in [-0.39, 0.29) is 25.9 Å². The molecule has 1 unspecified atom stereocenters. The quantitative estimate of drug-likeness (QED) is 0.421. The number of nitrogens with one attached hydrogen (secondary N) is 2. The summed E-state index contributed by atoms with van der Waals surface area (Å²) in [6.07, 6.45) is -0.525. The first-order valence-electron chi connectivity index (χ1n) is 13.3. The number of rotatable bonds is 9. The maximum absolute atomic E-state index is 13.8. The average molecular weight is 570 g/mol. The molecule has 1 aliphatic rings. The van der Waals surface area contributed by atoms with Gasteiger partial charge in [0.2, 0.25) is 17.7 Å². The van der Waals surface area contributed by atoms with Gasteiger partial charge in [0.15, 0.2) is 0 Å². The summed E-state index contributed by atoms with van der Waals surface area (Å²) >= 11 is 1.54. The van der Waals surface area contributed by atoms with Gasteiger partial charge >= 0.3 is 0 Å². The van der Waals surface area contributed by atoms with Gasteiger partial charge in [-0.3, -0.25) is 14.4 Å². The number of thiazole rings is 1. The van der Waals surface area contributed by atoms with Crippen molar-refractivity contribution < 1.29 is 24.2 Å². The molecule has 3 rings (SSSR count). The normalized spacial score (nSPS) is 19.3. The highest BCUT2D eigenvalue weighted by Crippen LogP contribution is 2.32. The molecule has 0 saturated carbocycles. The summed E-state index contributed by atoms with van der Waals surface area (Å²) in [5, 5.41) is 25.6. The lowest BCUT2D eigenvalue weighted by atomic mass is 9.83. The number of nitrogens with zero attached hydrogens (tertiary/aromatic N) is 3. The number of carbonyl (C=O) groups excluding carboxylic acids is 3. The molecular formula is C29H39N5O5S. The second-order valence-electron chi connectivity index (χ2n) is 11.5. The molecule has 0 spiro atoms. The van der Waals surface area contributed by atoms with Crippen LogP contribution in [0.15, 0.2) is 23.7 Å². The zero-order chi connectivity index (χ0) is 29.8. The molecule has 3 N–H and O–H groups in total. The van der Waals surface area contributed by atoms with Crippen LogP contribution in [0.3, 0.4) is 0 Å². The average Bonchev–Trinajstić information content (AvgIpc) is 3.53. The molecule has 40 heavy (non-hydrogen) atoms. The molecule has 2 heterocycles. The fraction of sp³-hybridized carbons (Fsp3) is 0.552. The maximum Gasteiger partial charge on any atom is 0.246 e. The second kappa shape index (κ2) is 12.4. The number of likely N-dealkylation sites (tertiary alicyclic amines) is 1. The van der Waals surface area contributed by atoms with Crippen molar-refractivity contribution in [3.63, 3.8) is 0 Å². The van der Waals surface area contributed by atoms with Crippen LogP contribution in [0.25, 0.3) is 10.4 Å². The molecule has 4 atom stereocenters. The van der Waals surface area contributed by atoms with Crippen LogP contribution in [-0.2, 0) is 20.9 Å². The molecule has 0 aliphatic carbocycles. The van der Waals surface area contributed by atoms with E-state index in [4.69, 9.17) is 4.74 Å². The molecular weight excluding hydrogens is 530 g/mol. The number of ether oxygens (including phenoxy) is 1. The maximum atomic E-state index is 13.8. The molecule has 1 aromatic carbocycles. The van der Waals surface area contributed by atoms with Crippen molar-refractivity contribution in [1.82, 2.24) is 20.5 Å². The molecule has 3 amide bonds. The van der Waals surface area contributed by atoms with Crippen LogP contribution < -0.4 is 15.4 Å². The van der Waals surface area contributed by atoms with Crippen LogP contribution in [0.5, 0.6) is 5.75 Å². The zero-order valence-electron chi connectivity index (χ0n) is 24.2. The van der Waals surface area contributed by atoms with Crippen molar-refractivity contribution in [3.8, 4) is 22.3 Å². The number of aliphatic hydroxyl groups excluding tert-OH is 1. The van der Waals surface area contributed by atoms with Gasteiger partial charge in [-0.1, -0.05) is 39.8 Å². The fourth-order valence-corrected chi connectivity index (χ4v) is 5.41. The van der Waals surface area contributed by atoms with Crippen molar-refractivity contribution in [3.05, 3.63) is 35.0 Å². The third kappa shape index (κ3) is 6.62. The molecule has 1 aromatic heterocycles. The highest BCUT2D eigenvalue weighted by Gasteiger charge is 2.46. The molecule has 2 aromatic rings.